The number of hydrogen-bond acceptors (Lipinski definition) is 5. The van der Waals surface area contributed by atoms with Gasteiger partial charge >= 0.3 is 0 Å². The second-order valence-electron chi connectivity index (χ2n) is 2.37. The van der Waals surface area contributed by atoms with Crippen LogP contribution < -0.4 is 5.43 Å². The maximum atomic E-state index is 11.1. The van der Waals surface area contributed by atoms with E-state index in [-0.39, 0.29) is 18.8 Å². The summed E-state index contributed by atoms with van der Waals surface area (Å²) < 4.78 is 10.0. The number of hydrogen-bond donors (Lipinski definition) is 2. The first-order chi connectivity index (χ1) is 6.69. The van der Waals surface area contributed by atoms with Gasteiger partial charge in [0.2, 0.25) is 11.2 Å². The molecule has 7 heteroatoms. The van der Waals surface area contributed by atoms with E-state index in [0.717, 1.165) is 6.07 Å². The van der Waals surface area contributed by atoms with Crippen molar-refractivity contribution in [2.75, 3.05) is 0 Å². The van der Waals surface area contributed by atoms with Gasteiger partial charge in [0.1, 0.15) is 19.0 Å². The molecule has 0 saturated carbocycles. The molecule has 0 fully saturated rings. The fourth-order valence-electron chi connectivity index (χ4n) is 0.865. The topological polar surface area (TPSA) is 79.9 Å². The molecule has 1 heterocycles. The molecule has 0 bridgehead atoms. The average molecular weight is 330 g/mol. The van der Waals surface area contributed by atoms with Gasteiger partial charge in [-0.15, -0.1) is 0 Å². The third-order valence-corrected chi connectivity index (χ3v) is 2.64. The molecular weight excluding hydrogens is 322 g/mol. The van der Waals surface area contributed by atoms with E-state index >= 15 is 0 Å². The van der Waals surface area contributed by atoms with Gasteiger partial charge in [0, 0.05) is 6.07 Å². The van der Waals surface area contributed by atoms with Crippen LogP contribution >= 0.6 is 28.5 Å². The van der Waals surface area contributed by atoms with Gasteiger partial charge in [0.25, 0.3) is 0 Å². The van der Waals surface area contributed by atoms with Crippen LogP contribution in [0.4, 0.5) is 0 Å². The molecule has 1 rings (SSSR count). The van der Waals surface area contributed by atoms with Gasteiger partial charge in [-0.1, -0.05) is 0 Å². The van der Waals surface area contributed by atoms with E-state index in [2.05, 4.69) is 0 Å². The minimum Gasteiger partial charge on any atom is -0.502 e. The fraction of sp³-hybridized carbons (Fsp3) is 0.286. The second-order valence-corrected chi connectivity index (χ2v) is 4.14. The molecule has 0 aliphatic rings. The standard InChI is InChI=1S/C7H8IO5P/c8-14-12-3-4-1-5(10)7(11)6(2-9)13-4/h1,9,11,14H,2-3H2. The maximum Gasteiger partial charge on any atom is 0.227 e. The number of aliphatic hydroxyl groups is 1. The summed E-state index contributed by atoms with van der Waals surface area (Å²) in [4.78, 5) is 11.1. The van der Waals surface area contributed by atoms with Gasteiger partial charge in [0.15, 0.2) is 5.76 Å². The summed E-state index contributed by atoms with van der Waals surface area (Å²) in [6.45, 7) is -0.0981. The lowest BCUT2D eigenvalue weighted by molar-refractivity contribution is 0.215. The lowest BCUT2D eigenvalue weighted by atomic mass is 10.3. The highest BCUT2D eigenvalue weighted by Gasteiger charge is 2.09. The Morgan fingerprint density at radius 2 is 2.36 bits per heavy atom. The Kier molecular flexibility index (Phi) is 4.80. The largest absolute Gasteiger partial charge is 0.502 e. The molecule has 5 nitrogen and oxygen atoms in total. The summed E-state index contributed by atoms with van der Waals surface area (Å²) in [5.74, 6) is -0.387. The molecule has 0 amide bonds. The molecular formula is C7H8IO5P. The van der Waals surface area contributed by atoms with Crippen LogP contribution in [0.25, 0.3) is 0 Å². The van der Waals surface area contributed by atoms with Gasteiger partial charge in [-0.3, -0.25) is 4.79 Å². The van der Waals surface area contributed by atoms with Crippen molar-refractivity contribution in [1.29, 1.82) is 0 Å². The minimum absolute atomic E-state index is 0.132. The first-order valence-electron chi connectivity index (χ1n) is 3.62. The predicted molar refractivity (Wildman–Crippen MR) is 59.7 cm³/mol. The van der Waals surface area contributed by atoms with Gasteiger partial charge in [-0.05, 0) is 22.0 Å². The zero-order valence-corrected chi connectivity index (χ0v) is 10.1. The van der Waals surface area contributed by atoms with Gasteiger partial charge < -0.3 is 19.2 Å². The van der Waals surface area contributed by atoms with E-state index in [1.54, 1.807) is 0 Å². The van der Waals surface area contributed by atoms with E-state index in [1.807, 2.05) is 22.0 Å². The zero-order chi connectivity index (χ0) is 10.6. The molecule has 0 saturated heterocycles. The molecule has 1 aromatic rings. The molecule has 0 aliphatic heterocycles. The number of aromatic hydroxyl groups is 1. The van der Waals surface area contributed by atoms with Crippen LogP contribution in [0, 0.1) is 0 Å². The summed E-state index contributed by atoms with van der Waals surface area (Å²) in [6.07, 6.45) is 0. The normalized spacial score (nSPS) is 11.3. The van der Waals surface area contributed by atoms with Crippen LogP contribution in [0.5, 0.6) is 5.75 Å². The first kappa shape index (κ1) is 11.9. The summed E-state index contributed by atoms with van der Waals surface area (Å²) in [6, 6.07) is 1.14. The Morgan fingerprint density at radius 3 is 2.93 bits per heavy atom. The van der Waals surface area contributed by atoms with Crippen LogP contribution in [0.3, 0.4) is 0 Å². The van der Waals surface area contributed by atoms with Crippen molar-refractivity contribution < 1.29 is 19.2 Å². The van der Waals surface area contributed by atoms with Crippen LogP contribution in [-0.4, -0.2) is 10.2 Å². The highest BCUT2D eigenvalue weighted by molar-refractivity contribution is 14.2. The quantitative estimate of drug-likeness (QED) is 0.643. The number of halogens is 1. The molecule has 0 radical (unpaired) electrons. The molecule has 0 aromatic carbocycles. The highest BCUT2D eigenvalue weighted by Crippen LogP contribution is 2.24. The molecule has 1 unspecified atom stereocenters. The summed E-state index contributed by atoms with van der Waals surface area (Å²) in [5, 5.41) is 17.9. The summed E-state index contributed by atoms with van der Waals surface area (Å²) >= 11 is 2.03. The molecule has 1 atom stereocenters. The van der Waals surface area contributed by atoms with Crippen molar-refractivity contribution in [3.05, 3.63) is 27.8 Å². The Labute approximate surface area is 94.4 Å². The molecule has 1 aromatic heterocycles. The van der Waals surface area contributed by atoms with E-state index in [4.69, 9.17) is 19.2 Å². The Bertz CT molecular complexity index is 364. The lowest BCUT2D eigenvalue weighted by Crippen LogP contribution is -2.04. The van der Waals surface area contributed by atoms with Crippen molar-refractivity contribution in [2.24, 2.45) is 0 Å². The van der Waals surface area contributed by atoms with Crippen LogP contribution in [0.1, 0.15) is 11.5 Å². The SMILES string of the molecule is O=c1cc(COPI)oc(CO)c1O. The Balaban J connectivity index is 2.98. The predicted octanol–water partition coefficient (Wildman–Crippen LogP) is 1.30. The monoisotopic (exact) mass is 330 g/mol. The average Bonchev–Trinajstić information content (AvgIpc) is 2.19. The van der Waals surface area contributed by atoms with Crippen LogP contribution in [-0.2, 0) is 17.7 Å². The van der Waals surface area contributed by atoms with Crippen molar-refractivity contribution in [2.45, 2.75) is 13.2 Å². The summed E-state index contributed by atoms with van der Waals surface area (Å²) in [7, 11) is 0. The second kappa shape index (κ2) is 5.65. The third kappa shape index (κ3) is 2.91. The van der Waals surface area contributed by atoms with E-state index in [0.29, 0.717) is 5.76 Å². The van der Waals surface area contributed by atoms with E-state index in [1.165, 1.54) is 0 Å². The Hall–Kier alpha value is -0.170. The summed E-state index contributed by atoms with van der Waals surface area (Å²) in [5.41, 5.74) is -0.573. The molecule has 0 aliphatic carbocycles. The van der Waals surface area contributed by atoms with Crippen LogP contribution in [0.2, 0.25) is 0 Å². The van der Waals surface area contributed by atoms with Gasteiger partial charge in [0.05, 0.1) is 6.45 Å². The number of aliphatic hydroxyl groups excluding tert-OH is 1. The Morgan fingerprint density at radius 1 is 1.64 bits per heavy atom. The zero-order valence-electron chi connectivity index (χ0n) is 6.99. The smallest absolute Gasteiger partial charge is 0.227 e. The van der Waals surface area contributed by atoms with Crippen molar-refractivity contribution in [1.82, 2.24) is 0 Å². The first-order valence-corrected chi connectivity index (χ1v) is 7.64. The molecule has 0 spiro atoms. The highest BCUT2D eigenvalue weighted by atomic mass is 127. The lowest BCUT2D eigenvalue weighted by Gasteiger charge is -2.03. The third-order valence-electron chi connectivity index (χ3n) is 1.46. The molecule has 14 heavy (non-hydrogen) atoms. The van der Waals surface area contributed by atoms with E-state index < -0.39 is 17.8 Å². The number of rotatable bonds is 4. The van der Waals surface area contributed by atoms with Crippen molar-refractivity contribution in [3.8, 4) is 5.75 Å². The minimum atomic E-state index is -0.573. The maximum absolute atomic E-state index is 11.1. The molecule has 2 N–H and O–H groups in total. The van der Waals surface area contributed by atoms with Crippen molar-refractivity contribution in [3.63, 3.8) is 0 Å². The molecule has 78 valence electrons. The van der Waals surface area contributed by atoms with Crippen LogP contribution in [0.15, 0.2) is 15.3 Å². The van der Waals surface area contributed by atoms with Gasteiger partial charge in [-0.2, -0.15) is 0 Å². The van der Waals surface area contributed by atoms with Gasteiger partial charge in [-0.25, -0.2) is 0 Å². The van der Waals surface area contributed by atoms with E-state index in [9.17, 15) is 4.79 Å². The fourth-order valence-corrected chi connectivity index (χ4v) is 1.53. The van der Waals surface area contributed by atoms with Crippen molar-refractivity contribution >= 4 is 28.5 Å².